The zero-order chi connectivity index (χ0) is 17.3. The summed E-state index contributed by atoms with van der Waals surface area (Å²) in [5.41, 5.74) is 2.15. The highest BCUT2D eigenvalue weighted by Gasteiger charge is 2.29. The van der Waals surface area contributed by atoms with Gasteiger partial charge in [-0.1, -0.05) is 18.2 Å². The van der Waals surface area contributed by atoms with Crippen LogP contribution in [0.4, 0.5) is 0 Å². The maximum absolute atomic E-state index is 12.6. The van der Waals surface area contributed by atoms with E-state index < -0.39 is 0 Å². The first-order chi connectivity index (χ1) is 11.4. The minimum Gasteiger partial charge on any atom is -0.375 e. The molecule has 24 heavy (non-hydrogen) atoms. The Morgan fingerprint density at radius 3 is 2.83 bits per heavy atom. The van der Waals surface area contributed by atoms with Crippen LogP contribution in [-0.4, -0.2) is 28.7 Å². The summed E-state index contributed by atoms with van der Waals surface area (Å²) in [6.45, 7) is 9.22. The molecule has 2 aromatic rings. The van der Waals surface area contributed by atoms with Crippen molar-refractivity contribution < 1.29 is 9.53 Å². The van der Waals surface area contributed by atoms with E-state index in [1.165, 1.54) is 10.9 Å². The zero-order valence-electron chi connectivity index (χ0n) is 15.1. The number of aromatic nitrogens is 1. The van der Waals surface area contributed by atoms with E-state index in [4.69, 9.17) is 4.74 Å². The monoisotopic (exact) mass is 328 g/mol. The third-order valence-electron chi connectivity index (χ3n) is 4.79. The van der Waals surface area contributed by atoms with Gasteiger partial charge in [0, 0.05) is 35.8 Å². The lowest BCUT2D eigenvalue weighted by molar-refractivity contribution is -0.123. The molecule has 0 aliphatic carbocycles. The molecule has 0 bridgehead atoms. The van der Waals surface area contributed by atoms with Crippen molar-refractivity contribution in [2.75, 3.05) is 6.61 Å². The Kier molecular flexibility index (Phi) is 4.68. The Bertz CT molecular complexity index is 730. The summed E-state index contributed by atoms with van der Waals surface area (Å²) >= 11 is 0. The lowest BCUT2D eigenvalue weighted by atomic mass is 9.94. The van der Waals surface area contributed by atoms with Crippen LogP contribution in [0.2, 0.25) is 0 Å². The zero-order valence-corrected chi connectivity index (χ0v) is 15.1. The minimum absolute atomic E-state index is 0.101. The summed E-state index contributed by atoms with van der Waals surface area (Å²) in [6.07, 6.45) is 4.32. The molecule has 3 rings (SSSR count). The fraction of sp³-hybridized carbons (Fsp3) is 0.550. The summed E-state index contributed by atoms with van der Waals surface area (Å²) in [7, 11) is 0. The molecule has 4 nitrogen and oxygen atoms in total. The van der Waals surface area contributed by atoms with Crippen molar-refractivity contribution in [1.82, 2.24) is 9.88 Å². The van der Waals surface area contributed by atoms with Gasteiger partial charge < -0.3 is 14.6 Å². The van der Waals surface area contributed by atoms with Crippen molar-refractivity contribution in [3.63, 3.8) is 0 Å². The second-order valence-corrected chi connectivity index (χ2v) is 7.71. The minimum atomic E-state index is -0.149. The Labute approximate surface area is 144 Å². The first-order valence-corrected chi connectivity index (χ1v) is 8.87. The van der Waals surface area contributed by atoms with E-state index in [0.29, 0.717) is 19.1 Å². The highest BCUT2D eigenvalue weighted by molar-refractivity contribution is 5.89. The summed E-state index contributed by atoms with van der Waals surface area (Å²) in [5.74, 6) is 0.101. The van der Waals surface area contributed by atoms with E-state index >= 15 is 0 Å². The molecule has 1 fully saturated rings. The first-order valence-electron chi connectivity index (χ1n) is 8.87. The molecule has 0 saturated carbocycles. The highest BCUT2D eigenvalue weighted by atomic mass is 16.5. The molecule has 0 radical (unpaired) electrons. The molecule has 1 aromatic heterocycles. The Morgan fingerprint density at radius 1 is 1.38 bits per heavy atom. The van der Waals surface area contributed by atoms with Gasteiger partial charge in [-0.2, -0.15) is 0 Å². The Morgan fingerprint density at radius 2 is 2.12 bits per heavy atom. The number of ether oxygens (including phenoxy) is 1. The van der Waals surface area contributed by atoms with Crippen molar-refractivity contribution in [1.29, 1.82) is 0 Å². The lowest BCUT2D eigenvalue weighted by Crippen LogP contribution is -2.46. The largest absolute Gasteiger partial charge is 0.375 e. The second-order valence-electron chi connectivity index (χ2n) is 7.71. The molecule has 0 spiro atoms. The molecule has 1 amide bonds. The second kappa shape index (κ2) is 6.60. The number of carbonyl (C=O) groups excluding carboxylic acids is 1. The number of para-hydroxylation sites is 1. The van der Waals surface area contributed by atoms with Gasteiger partial charge in [-0.05, 0) is 52.2 Å². The van der Waals surface area contributed by atoms with Gasteiger partial charge in [0.1, 0.15) is 0 Å². The van der Waals surface area contributed by atoms with Crippen molar-refractivity contribution in [3.8, 4) is 0 Å². The maximum Gasteiger partial charge on any atom is 0.224 e. The smallest absolute Gasteiger partial charge is 0.224 e. The maximum atomic E-state index is 12.6. The van der Waals surface area contributed by atoms with E-state index in [1.807, 2.05) is 6.07 Å². The van der Waals surface area contributed by atoms with Crippen LogP contribution in [-0.2, 0) is 16.0 Å². The van der Waals surface area contributed by atoms with Gasteiger partial charge >= 0.3 is 0 Å². The lowest BCUT2D eigenvalue weighted by Gasteiger charge is -2.35. The fourth-order valence-electron chi connectivity index (χ4n) is 3.65. The molecule has 0 unspecified atom stereocenters. The first kappa shape index (κ1) is 17.0. The quantitative estimate of drug-likeness (QED) is 0.927. The van der Waals surface area contributed by atoms with Gasteiger partial charge in [0.15, 0.2) is 0 Å². The summed E-state index contributed by atoms with van der Waals surface area (Å²) in [5, 5.41) is 4.37. The molecule has 1 aliphatic heterocycles. The molecule has 2 heterocycles. The van der Waals surface area contributed by atoms with Gasteiger partial charge in [0.25, 0.3) is 0 Å². The molecule has 1 aromatic carbocycles. The number of benzene rings is 1. The average molecular weight is 328 g/mol. The van der Waals surface area contributed by atoms with Crippen LogP contribution in [0.15, 0.2) is 30.5 Å². The van der Waals surface area contributed by atoms with Crippen molar-refractivity contribution in [3.05, 3.63) is 36.0 Å². The standard InChI is InChI=1S/C20H28N2O2/c1-14(2)22-13-15(17-7-5-6-8-18(17)22)11-19(23)21-16-9-10-24-20(3,4)12-16/h5-8,13-14,16H,9-12H2,1-4H3,(H,21,23)/t16-/m1/s1. The summed E-state index contributed by atoms with van der Waals surface area (Å²) in [4.78, 5) is 12.6. The van der Waals surface area contributed by atoms with Crippen LogP contribution in [0.1, 0.15) is 52.1 Å². The van der Waals surface area contributed by atoms with Crippen molar-refractivity contribution >= 4 is 16.8 Å². The SMILES string of the molecule is CC(C)n1cc(CC(=O)N[C@@H]2CCOC(C)(C)C2)c2ccccc21. The third-order valence-corrected chi connectivity index (χ3v) is 4.79. The number of fused-ring (bicyclic) bond motifs is 1. The number of carbonyl (C=O) groups is 1. The number of hydrogen-bond donors (Lipinski definition) is 1. The van der Waals surface area contributed by atoms with E-state index in [2.05, 4.69) is 62.0 Å². The summed E-state index contributed by atoms with van der Waals surface area (Å²) in [6, 6.07) is 8.90. The molecule has 130 valence electrons. The Hall–Kier alpha value is -1.81. The number of rotatable bonds is 4. The normalized spacial score (nSPS) is 20.5. The van der Waals surface area contributed by atoms with E-state index in [0.717, 1.165) is 18.4 Å². The van der Waals surface area contributed by atoms with E-state index in [1.54, 1.807) is 0 Å². The van der Waals surface area contributed by atoms with Crippen LogP contribution in [0.25, 0.3) is 10.9 Å². The van der Waals surface area contributed by atoms with Crippen LogP contribution >= 0.6 is 0 Å². The van der Waals surface area contributed by atoms with E-state index in [9.17, 15) is 4.79 Å². The number of hydrogen-bond acceptors (Lipinski definition) is 2. The molecule has 4 heteroatoms. The van der Waals surface area contributed by atoms with Crippen LogP contribution in [0, 0.1) is 0 Å². The van der Waals surface area contributed by atoms with Gasteiger partial charge in [-0.3, -0.25) is 4.79 Å². The summed E-state index contributed by atoms with van der Waals surface area (Å²) < 4.78 is 7.97. The van der Waals surface area contributed by atoms with Crippen LogP contribution < -0.4 is 5.32 Å². The van der Waals surface area contributed by atoms with Crippen molar-refractivity contribution in [2.45, 2.75) is 64.6 Å². The predicted molar refractivity (Wildman–Crippen MR) is 97.2 cm³/mol. The van der Waals surface area contributed by atoms with Crippen molar-refractivity contribution in [2.24, 2.45) is 0 Å². The van der Waals surface area contributed by atoms with Gasteiger partial charge in [0.05, 0.1) is 12.0 Å². The molecule has 1 saturated heterocycles. The van der Waals surface area contributed by atoms with Gasteiger partial charge in [-0.15, -0.1) is 0 Å². The molecular formula is C20H28N2O2. The highest BCUT2D eigenvalue weighted by Crippen LogP contribution is 2.26. The third kappa shape index (κ3) is 3.64. The van der Waals surface area contributed by atoms with Gasteiger partial charge in [-0.25, -0.2) is 0 Å². The van der Waals surface area contributed by atoms with Crippen LogP contribution in [0.5, 0.6) is 0 Å². The molecule has 1 aliphatic rings. The molecule has 1 N–H and O–H groups in total. The fourth-order valence-corrected chi connectivity index (χ4v) is 3.65. The molecular weight excluding hydrogens is 300 g/mol. The van der Waals surface area contributed by atoms with Gasteiger partial charge in [0.2, 0.25) is 5.91 Å². The van der Waals surface area contributed by atoms with Crippen LogP contribution in [0.3, 0.4) is 0 Å². The number of amides is 1. The number of nitrogens with one attached hydrogen (secondary N) is 1. The topological polar surface area (TPSA) is 43.3 Å². The predicted octanol–water partition coefficient (Wildman–Crippen LogP) is 3.84. The number of nitrogens with zero attached hydrogens (tertiary/aromatic N) is 1. The van der Waals surface area contributed by atoms with E-state index in [-0.39, 0.29) is 17.6 Å². The Balaban J connectivity index is 1.74. The average Bonchev–Trinajstić information content (AvgIpc) is 2.85. The molecule has 1 atom stereocenters.